The summed E-state index contributed by atoms with van der Waals surface area (Å²) in [6.07, 6.45) is 1.34. The van der Waals surface area contributed by atoms with E-state index in [1.807, 2.05) is 30.3 Å². The van der Waals surface area contributed by atoms with E-state index in [0.29, 0.717) is 0 Å². The highest BCUT2D eigenvalue weighted by molar-refractivity contribution is 5.77. The van der Waals surface area contributed by atoms with Crippen LogP contribution in [0.4, 0.5) is 0 Å². The Labute approximate surface area is 120 Å². The minimum Gasteiger partial charge on any atom is -0.308 e. The van der Waals surface area contributed by atoms with Gasteiger partial charge in [-0.3, -0.25) is 4.90 Å². The van der Waals surface area contributed by atoms with Crippen molar-refractivity contribution in [3.63, 3.8) is 0 Å². The Morgan fingerprint density at radius 3 is 2.40 bits per heavy atom. The molecule has 0 bridgehead atoms. The summed E-state index contributed by atoms with van der Waals surface area (Å²) < 4.78 is 0. The standard InChI is InChI=1S/C18H18N2/c1-20(15-18-6-3-2-4-7-18)13-5-8-16-9-11-17(14-19)12-10-16/h2-4,6-7,9-12,14,19H,13,15H2,1H3. The van der Waals surface area contributed by atoms with Crippen LogP contribution in [0.1, 0.15) is 16.7 Å². The van der Waals surface area contributed by atoms with Gasteiger partial charge in [-0.25, -0.2) is 0 Å². The number of nitrogens with one attached hydrogen (secondary N) is 1. The van der Waals surface area contributed by atoms with Crippen molar-refractivity contribution in [3.8, 4) is 11.8 Å². The normalized spacial score (nSPS) is 9.90. The third-order valence-electron chi connectivity index (χ3n) is 2.95. The maximum Gasteiger partial charge on any atom is 0.0605 e. The lowest BCUT2D eigenvalue weighted by Crippen LogP contribution is -2.17. The van der Waals surface area contributed by atoms with Gasteiger partial charge in [0.1, 0.15) is 0 Å². The number of hydrogen-bond donors (Lipinski definition) is 1. The molecule has 0 fully saturated rings. The van der Waals surface area contributed by atoms with Crippen LogP contribution in [0.15, 0.2) is 54.6 Å². The van der Waals surface area contributed by atoms with Gasteiger partial charge in [-0.2, -0.15) is 0 Å². The van der Waals surface area contributed by atoms with E-state index in [1.165, 1.54) is 11.8 Å². The molecule has 0 saturated carbocycles. The highest BCUT2D eigenvalue weighted by Crippen LogP contribution is 2.02. The molecule has 0 unspecified atom stereocenters. The van der Waals surface area contributed by atoms with Gasteiger partial charge in [-0.05, 0) is 30.3 Å². The zero-order valence-electron chi connectivity index (χ0n) is 11.6. The quantitative estimate of drug-likeness (QED) is 0.665. The second-order valence-corrected chi connectivity index (χ2v) is 4.73. The summed E-state index contributed by atoms with van der Waals surface area (Å²) in [5.74, 6) is 6.32. The van der Waals surface area contributed by atoms with E-state index < -0.39 is 0 Å². The van der Waals surface area contributed by atoms with Gasteiger partial charge in [-0.1, -0.05) is 54.3 Å². The first-order chi connectivity index (χ1) is 9.78. The molecule has 0 radical (unpaired) electrons. The summed E-state index contributed by atoms with van der Waals surface area (Å²) in [5, 5.41) is 7.15. The molecular weight excluding hydrogens is 244 g/mol. The Morgan fingerprint density at radius 1 is 1.05 bits per heavy atom. The van der Waals surface area contributed by atoms with Crippen molar-refractivity contribution >= 4 is 6.21 Å². The molecule has 0 aliphatic heterocycles. The van der Waals surface area contributed by atoms with Gasteiger partial charge in [0, 0.05) is 18.3 Å². The van der Waals surface area contributed by atoms with Crippen LogP contribution in [0.25, 0.3) is 0 Å². The van der Waals surface area contributed by atoms with E-state index in [9.17, 15) is 0 Å². The third-order valence-corrected chi connectivity index (χ3v) is 2.95. The second-order valence-electron chi connectivity index (χ2n) is 4.73. The first-order valence-corrected chi connectivity index (χ1v) is 6.60. The Hall–Kier alpha value is -2.37. The van der Waals surface area contributed by atoms with Crippen molar-refractivity contribution in [1.29, 1.82) is 5.41 Å². The van der Waals surface area contributed by atoms with E-state index in [2.05, 4.69) is 48.1 Å². The van der Waals surface area contributed by atoms with Crippen molar-refractivity contribution in [1.82, 2.24) is 4.90 Å². The molecule has 2 heteroatoms. The van der Waals surface area contributed by atoms with Crippen LogP contribution in [-0.4, -0.2) is 24.7 Å². The lowest BCUT2D eigenvalue weighted by molar-refractivity contribution is 0.369. The van der Waals surface area contributed by atoms with Crippen LogP contribution >= 0.6 is 0 Å². The Bertz CT molecular complexity index is 603. The molecule has 0 atom stereocenters. The van der Waals surface area contributed by atoms with Gasteiger partial charge < -0.3 is 5.41 Å². The summed E-state index contributed by atoms with van der Waals surface area (Å²) in [6, 6.07) is 18.1. The second kappa shape index (κ2) is 7.28. The van der Waals surface area contributed by atoms with E-state index in [-0.39, 0.29) is 0 Å². The maximum absolute atomic E-state index is 7.15. The van der Waals surface area contributed by atoms with Crippen molar-refractivity contribution in [2.24, 2.45) is 0 Å². The monoisotopic (exact) mass is 262 g/mol. The number of rotatable bonds is 4. The average Bonchev–Trinajstić information content (AvgIpc) is 2.49. The first kappa shape index (κ1) is 14.0. The molecular formula is C18H18N2. The predicted octanol–water partition coefficient (Wildman–Crippen LogP) is 3.17. The number of hydrogen-bond acceptors (Lipinski definition) is 2. The molecule has 0 heterocycles. The molecule has 0 amide bonds. The fraction of sp³-hybridized carbons (Fsp3) is 0.167. The Balaban J connectivity index is 1.88. The Morgan fingerprint density at radius 2 is 1.75 bits per heavy atom. The molecule has 0 saturated heterocycles. The van der Waals surface area contributed by atoms with E-state index in [0.717, 1.165) is 24.2 Å². The van der Waals surface area contributed by atoms with E-state index in [4.69, 9.17) is 5.41 Å². The van der Waals surface area contributed by atoms with Crippen molar-refractivity contribution in [2.75, 3.05) is 13.6 Å². The topological polar surface area (TPSA) is 27.1 Å². The van der Waals surface area contributed by atoms with Crippen molar-refractivity contribution < 1.29 is 0 Å². The zero-order valence-corrected chi connectivity index (χ0v) is 11.6. The van der Waals surface area contributed by atoms with Crippen LogP contribution in [0.2, 0.25) is 0 Å². The van der Waals surface area contributed by atoms with Gasteiger partial charge in [-0.15, -0.1) is 0 Å². The highest BCUT2D eigenvalue weighted by Gasteiger charge is 1.96. The predicted molar refractivity (Wildman–Crippen MR) is 84.0 cm³/mol. The molecule has 0 aliphatic carbocycles. The van der Waals surface area contributed by atoms with Gasteiger partial charge in [0.2, 0.25) is 0 Å². The fourth-order valence-electron chi connectivity index (χ4n) is 1.89. The first-order valence-electron chi connectivity index (χ1n) is 6.60. The summed E-state index contributed by atoms with van der Waals surface area (Å²) in [4.78, 5) is 2.19. The van der Waals surface area contributed by atoms with E-state index >= 15 is 0 Å². The van der Waals surface area contributed by atoms with Crippen LogP contribution in [0.5, 0.6) is 0 Å². The summed E-state index contributed by atoms with van der Waals surface area (Å²) in [5.41, 5.74) is 3.19. The molecule has 0 spiro atoms. The molecule has 2 nitrogen and oxygen atoms in total. The molecule has 100 valence electrons. The SMILES string of the molecule is CN(CC#Cc1ccc(C=N)cc1)Cc1ccccc1. The van der Waals surface area contributed by atoms with Gasteiger partial charge in [0.05, 0.1) is 6.54 Å². The molecule has 2 rings (SSSR count). The van der Waals surface area contributed by atoms with Crippen molar-refractivity contribution in [2.45, 2.75) is 6.54 Å². The van der Waals surface area contributed by atoms with Crippen LogP contribution < -0.4 is 0 Å². The molecule has 2 aromatic carbocycles. The molecule has 20 heavy (non-hydrogen) atoms. The summed E-state index contributed by atoms with van der Waals surface area (Å²) in [7, 11) is 2.07. The minimum absolute atomic E-state index is 0.737. The Kier molecular flexibility index (Phi) is 5.11. The molecule has 2 aromatic rings. The number of nitrogens with zero attached hydrogens (tertiary/aromatic N) is 1. The van der Waals surface area contributed by atoms with Gasteiger partial charge >= 0.3 is 0 Å². The molecule has 0 aromatic heterocycles. The average molecular weight is 262 g/mol. The molecule has 1 N–H and O–H groups in total. The van der Waals surface area contributed by atoms with Crippen LogP contribution in [0, 0.1) is 17.3 Å². The summed E-state index contributed by atoms with van der Waals surface area (Å²) in [6.45, 7) is 1.64. The van der Waals surface area contributed by atoms with Crippen LogP contribution in [0.3, 0.4) is 0 Å². The van der Waals surface area contributed by atoms with Crippen molar-refractivity contribution in [3.05, 3.63) is 71.3 Å². The van der Waals surface area contributed by atoms with Gasteiger partial charge in [0.15, 0.2) is 0 Å². The zero-order chi connectivity index (χ0) is 14.2. The largest absolute Gasteiger partial charge is 0.308 e. The highest BCUT2D eigenvalue weighted by atomic mass is 15.1. The maximum atomic E-state index is 7.15. The lowest BCUT2D eigenvalue weighted by Gasteiger charge is -2.12. The third kappa shape index (κ3) is 4.38. The summed E-state index contributed by atoms with van der Waals surface area (Å²) >= 11 is 0. The fourth-order valence-corrected chi connectivity index (χ4v) is 1.89. The van der Waals surface area contributed by atoms with E-state index in [1.54, 1.807) is 0 Å². The lowest BCUT2D eigenvalue weighted by atomic mass is 10.1. The smallest absolute Gasteiger partial charge is 0.0605 e. The van der Waals surface area contributed by atoms with Gasteiger partial charge in [0.25, 0.3) is 0 Å². The minimum atomic E-state index is 0.737. The number of benzene rings is 2. The molecule has 0 aliphatic rings. The van der Waals surface area contributed by atoms with Crippen LogP contribution in [-0.2, 0) is 6.54 Å².